The van der Waals surface area contributed by atoms with E-state index in [9.17, 15) is 21.6 Å². The van der Waals surface area contributed by atoms with Gasteiger partial charge in [0.05, 0.1) is 23.3 Å². The molecule has 1 fully saturated rings. The molecule has 2 aromatic carbocycles. The number of alkyl halides is 3. The maximum Gasteiger partial charge on any atom is 0.416 e. The maximum atomic E-state index is 13.5. The normalized spacial score (nSPS) is 14.5. The van der Waals surface area contributed by atoms with Crippen molar-refractivity contribution in [1.82, 2.24) is 30.0 Å². The molecule has 0 radical (unpaired) electrons. The molecule has 11 nitrogen and oxygen atoms in total. The van der Waals surface area contributed by atoms with Gasteiger partial charge in [0.2, 0.25) is 5.75 Å². The first kappa shape index (κ1) is 34.5. The Hall–Kier alpha value is -3.86. The molecule has 0 unspecified atom stereocenters. The lowest BCUT2D eigenvalue weighted by atomic mass is 10.1. The van der Waals surface area contributed by atoms with Crippen molar-refractivity contribution in [2.75, 3.05) is 70.7 Å². The molecule has 0 spiro atoms. The predicted octanol–water partition coefficient (Wildman–Crippen LogP) is 5.09. The van der Waals surface area contributed by atoms with Crippen LogP contribution in [0, 0.1) is 6.92 Å². The molecule has 47 heavy (non-hydrogen) atoms. The van der Waals surface area contributed by atoms with Crippen molar-refractivity contribution in [3.63, 3.8) is 0 Å². The molecule has 0 amide bonds. The van der Waals surface area contributed by atoms with Gasteiger partial charge < -0.3 is 19.9 Å². The van der Waals surface area contributed by atoms with Crippen LogP contribution in [0.25, 0.3) is 0 Å². The van der Waals surface area contributed by atoms with E-state index in [0.29, 0.717) is 33.3 Å². The van der Waals surface area contributed by atoms with E-state index in [-0.39, 0.29) is 10.5 Å². The van der Waals surface area contributed by atoms with E-state index in [2.05, 4.69) is 44.3 Å². The number of halogens is 3. The van der Waals surface area contributed by atoms with Crippen LogP contribution in [-0.2, 0) is 21.8 Å². The summed E-state index contributed by atoms with van der Waals surface area (Å²) in [6, 6.07) is 12.5. The van der Waals surface area contributed by atoms with Gasteiger partial charge in [-0.05, 0) is 68.7 Å². The van der Waals surface area contributed by atoms with Gasteiger partial charge in [-0.1, -0.05) is 18.2 Å². The SMILES string of the molecule is COc1c(Nc2cc(C)[nH]n2)nc(Sc2ccc(S(=O)(=O)Cc3ccccc3C(F)(F)F)cc2)nc1N1CCN(CCN(C)C)CC1. The molecule has 0 saturated carbocycles. The number of aromatic amines is 1. The van der Waals surface area contributed by atoms with Crippen LogP contribution < -0.4 is 15.0 Å². The monoisotopic (exact) mass is 690 g/mol. The van der Waals surface area contributed by atoms with Crippen molar-refractivity contribution in [2.45, 2.75) is 33.8 Å². The van der Waals surface area contributed by atoms with E-state index in [0.717, 1.165) is 51.0 Å². The molecular formula is C31H37F3N8O3S2. The van der Waals surface area contributed by atoms with Crippen molar-refractivity contribution in [3.05, 3.63) is 71.4 Å². The fourth-order valence-corrected chi connectivity index (χ4v) is 7.24. The molecule has 5 rings (SSSR count). The van der Waals surface area contributed by atoms with Crippen molar-refractivity contribution in [3.8, 4) is 5.75 Å². The summed E-state index contributed by atoms with van der Waals surface area (Å²) in [7, 11) is 1.62. The van der Waals surface area contributed by atoms with Crippen LogP contribution in [0.3, 0.4) is 0 Å². The minimum atomic E-state index is -4.66. The van der Waals surface area contributed by atoms with Gasteiger partial charge in [-0.15, -0.1) is 0 Å². The Bertz CT molecular complexity index is 1780. The van der Waals surface area contributed by atoms with E-state index < -0.39 is 27.3 Å². The van der Waals surface area contributed by atoms with Crippen molar-refractivity contribution < 1.29 is 26.3 Å². The number of aryl methyl sites for hydroxylation is 1. The number of anilines is 3. The topological polar surface area (TPSA) is 120 Å². The van der Waals surface area contributed by atoms with Crippen LogP contribution in [0.2, 0.25) is 0 Å². The van der Waals surface area contributed by atoms with Crippen molar-refractivity contribution >= 4 is 39.1 Å². The Kier molecular flexibility index (Phi) is 10.6. The number of benzene rings is 2. The zero-order valence-corrected chi connectivity index (χ0v) is 28.1. The third kappa shape index (κ3) is 8.74. The molecule has 0 atom stereocenters. The number of hydrogen-bond donors (Lipinski definition) is 2. The molecule has 1 saturated heterocycles. The third-order valence-corrected chi connectivity index (χ3v) is 10.1. The van der Waals surface area contributed by atoms with Crippen LogP contribution in [0.15, 0.2) is 69.5 Å². The van der Waals surface area contributed by atoms with Gasteiger partial charge in [-0.3, -0.25) is 10.00 Å². The van der Waals surface area contributed by atoms with Crippen LogP contribution in [0.1, 0.15) is 16.8 Å². The van der Waals surface area contributed by atoms with Crippen LogP contribution in [-0.4, -0.2) is 98.9 Å². The zero-order valence-electron chi connectivity index (χ0n) is 26.5. The lowest BCUT2D eigenvalue weighted by molar-refractivity contribution is -0.138. The van der Waals surface area contributed by atoms with Gasteiger partial charge in [-0.2, -0.15) is 18.3 Å². The number of sulfone groups is 1. The Labute approximate surface area is 276 Å². The second kappa shape index (κ2) is 14.5. The van der Waals surface area contributed by atoms with Gasteiger partial charge in [-0.25, -0.2) is 18.4 Å². The Morgan fingerprint density at radius 1 is 1.04 bits per heavy atom. The first-order chi connectivity index (χ1) is 22.3. The third-order valence-electron chi connectivity index (χ3n) is 7.58. The molecule has 0 aliphatic carbocycles. The quantitative estimate of drug-likeness (QED) is 0.194. The summed E-state index contributed by atoms with van der Waals surface area (Å²) in [5.74, 6) is 1.29. The molecule has 252 valence electrons. The van der Waals surface area contributed by atoms with Crippen LogP contribution >= 0.6 is 11.8 Å². The average Bonchev–Trinajstić information content (AvgIpc) is 3.44. The summed E-state index contributed by atoms with van der Waals surface area (Å²) in [5.41, 5.74) is -0.406. The summed E-state index contributed by atoms with van der Waals surface area (Å²) in [4.78, 5) is 16.9. The molecular weight excluding hydrogens is 654 g/mol. The highest BCUT2D eigenvalue weighted by molar-refractivity contribution is 7.99. The second-order valence-corrected chi connectivity index (χ2v) is 14.4. The highest BCUT2D eigenvalue weighted by Crippen LogP contribution is 2.39. The minimum Gasteiger partial charge on any atom is -0.490 e. The molecule has 4 aromatic rings. The lowest BCUT2D eigenvalue weighted by Crippen LogP contribution is -2.48. The Balaban J connectivity index is 1.39. The first-order valence-electron chi connectivity index (χ1n) is 14.9. The minimum absolute atomic E-state index is 0.0847. The van der Waals surface area contributed by atoms with Crippen molar-refractivity contribution in [1.29, 1.82) is 0 Å². The van der Waals surface area contributed by atoms with Gasteiger partial charge in [0, 0.05) is 55.9 Å². The second-order valence-electron chi connectivity index (χ2n) is 11.4. The summed E-state index contributed by atoms with van der Waals surface area (Å²) >= 11 is 1.22. The van der Waals surface area contributed by atoms with Crippen molar-refractivity contribution in [2.24, 2.45) is 0 Å². The molecule has 2 aromatic heterocycles. The van der Waals surface area contributed by atoms with Crippen LogP contribution in [0.5, 0.6) is 5.75 Å². The van der Waals surface area contributed by atoms with Crippen LogP contribution in [0.4, 0.5) is 30.6 Å². The summed E-state index contributed by atoms with van der Waals surface area (Å²) in [5, 5.41) is 10.8. The average molecular weight is 691 g/mol. The number of nitrogens with one attached hydrogen (secondary N) is 2. The molecule has 1 aliphatic rings. The van der Waals surface area contributed by atoms with Gasteiger partial charge in [0.25, 0.3) is 0 Å². The zero-order chi connectivity index (χ0) is 33.8. The highest BCUT2D eigenvalue weighted by atomic mass is 32.2. The van der Waals surface area contributed by atoms with Gasteiger partial charge >= 0.3 is 6.18 Å². The summed E-state index contributed by atoms with van der Waals surface area (Å²) in [6.45, 7) is 7.00. The number of nitrogens with zero attached hydrogens (tertiary/aromatic N) is 6. The Morgan fingerprint density at radius 3 is 2.36 bits per heavy atom. The van der Waals surface area contributed by atoms with E-state index in [1.54, 1.807) is 19.2 Å². The first-order valence-corrected chi connectivity index (χ1v) is 17.3. The molecule has 3 heterocycles. The standard InChI is InChI=1S/C31H37F3N8O3S2/c1-21-19-26(39-38-21)35-28-27(45-4)29(42-17-15-41(16-18-42)14-13-40(2)3)37-30(36-28)46-23-9-11-24(12-10-23)47(43,44)20-22-7-5-6-8-25(22)31(32,33)34/h5-12,19H,13-18,20H2,1-4H3,(H2,35,36,37,38,39). The number of hydrogen-bond acceptors (Lipinski definition) is 11. The number of piperazine rings is 1. The van der Waals surface area contributed by atoms with E-state index in [4.69, 9.17) is 14.7 Å². The number of ether oxygens (including phenoxy) is 1. The fraction of sp³-hybridized carbons (Fsp3) is 0.387. The maximum absolute atomic E-state index is 13.5. The Morgan fingerprint density at radius 2 is 1.74 bits per heavy atom. The van der Waals surface area contributed by atoms with E-state index in [1.165, 1.54) is 42.1 Å². The molecule has 1 aliphatic heterocycles. The summed E-state index contributed by atoms with van der Waals surface area (Å²) in [6.07, 6.45) is -4.66. The number of methoxy groups -OCH3 is 1. The molecule has 2 N–H and O–H groups in total. The van der Waals surface area contributed by atoms with E-state index >= 15 is 0 Å². The van der Waals surface area contributed by atoms with Gasteiger partial charge in [0.1, 0.15) is 0 Å². The van der Waals surface area contributed by atoms with Gasteiger partial charge in [0.15, 0.2) is 32.4 Å². The molecule has 16 heteroatoms. The number of H-pyrrole nitrogens is 1. The predicted molar refractivity (Wildman–Crippen MR) is 175 cm³/mol. The van der Waals surface area contributed by atoms with E-state index in [1.807, 2.05) is 13.0 Å². The number of rotatable bonds is 12. The summed E-state index contributed by atoms with van der Waals surface area (Å²) < 4.78 is 72.5. The number of likely N-dealkylation sites (N-methyl/N-ethyl adjacent to an activating group) is 1. The smallest absolute Gasteiger partial charge is 0.416 e. The fourth-order valence-electron chi connectivity index (χ4n) is 5.11. The highest BCUT2D eigenvalue weighted by Gasteiger charge is 2.34. The largest absolute Gasteiger partial charge is 0.490 e. The number of aromatic nitrogens is 4. The molecule has 0 bridgehead atoms. The lowest BCUT2D eigenvalue weighted by Gasteiger charge is -2.36.